The number of halogens is 1. The van der Waals surface area contributed by atoms with Crippen molar-refractivity contribution in [1.29, 1.82) is 0 Å². The molecule has 0 aromatic heterocycles. The molecule has 2 N–H and O–H groups in total. The maximum absolute atomic E-state index is 11.7. The second-order valence-electron chi connectivity index (χ2n) is 3.80. The van der Waals surface area contributed by atoms with E-state index in [2.05, 4.69) is 10.6 Å². The van der Waals surface area contributed by atoms with Crippen molar-refractivity contribution in [2.45, 2.75) is 13.0 Å². The van der Waals surface area contributed by atoms with Crippen LogP contribution in [0.1, 0.15) is 6.92 Å². The third kappa shape index (κ3) is 4.43. The number of urea groups is 1. The van der Waals surface area contributed by atoms with Gasteiger partial charge in [0.2, 0.25) is 0 Å². The van der Waals surface area contributed by atoms with Gasteiger partial charge in [-0.2, -0.15) is 0 Å². The van der Waals surface area contributed by atoms with Gasteiger partial charge in [-0.05, 0) is 25.1 Å². The van der Waals surface area contributed by atoms with Gasteiger partial charge in [-0.15, -0.1) is 0 Å². The SMILES string of the molecule is COCC(C)NC(=O)Nc1cc(Cl)ccc1OC. The van der Waals surface area contributed by atoms with E-state index in [0.717, 1.165) is 0 Å². The zero-order valence-corrected chi connectivity index (χ0v) is 11.4. The maximum atomic E-state index is 11.7. The van der Waals surface area contributed by atoms with Crippen molar-refractivity contribution < 1.29 is 14.3 Å². The Kier molecular flexibility index (Phi) is 5.74. The minimum atomic E-state index is -0.333. The van der Waals surface area contributed by atoms with Crippen molar-refractivity contribution in [2.24, 2.45) is 0 Å². The van der Waals surface area contributed by atoms with Gasteiger partial charge in [0.05, 0.1) is 25.4 Å². The predicted octanol–water partition coefficient (Wildman–Crippen LogP) is 2.51. The molecule has 5 nitrogen and oxygen atoms in total. The third-order valence-corrected chi connectivity index (χ3v) is 2.44. The highest BCUT2D eigenvalue weighted by Gasteiger charge is 2.10. The van der Waals surface area contributed by atoms with Gasteiger partial charge >= 0.3 is 6.03 Å². The molecule has 1 rings (SSSR count). The number of methoxy groups -OCH3 is 2. The van der Waals surface area contributed by atoms with E-state index in [1.165, 1.54) is 7.11 Å². The summed E-state index contributed by atoms with van der Waals surface area (Å²) in [5.41, 5.74) is 0.520. The number of nitrogens with one attached hydrogen (secondary N) is 2. The van der Waals surface area contributed by atoms with Crippen LogP contribution in [0, 0.1) is 0 Å². The Morgan fingerprint density at radius 1 is 1.44 bits per heavy atom. The fraction of sp³-hybridized carbons (Fsp3) is 0.417. The highest BCUT2D eigenvalue weighted by atomic mass is 35.5. The second-order valence-corrected chi connectivity index (χ2v) is 4.24. The van der Waals surface area contributed by atoms with Crippen LogP contribution >= 0.6 is 11.6 Å². The van der Waals surface area contributed by atoms with Crippen LogP contribution in [0.15, 0.2) is 18.2 Å². The smallest absolute Gasteiger partial charge is 0.319 e. The van der Waals surface area contributed by atoms with Crippen LogP contribution in [0.5, 0.6) is 5.75 Å². The topological polar surface area (TPSA) is 59.6 Å². The Hall–Kier alpha value is -1.46. The molecule has 0 radical (unpaired) electrons. The molecule has 0 saturated carbocycles. The van der Waals surface area contributed by atoms with E-state index < -0.39 is 0 Å². The van der Waals surface area contributed by atoms with Crippen molar-refractivity contribution >= 4 is 23.3 Å². The molecule has 1 aromatic carbocycles. The van der Waals surface area contributed by atoms with E-state index in [1.54, 1.807) is 25.3 Å². The predicted molar refractivity (Wildman–Crippen MR) is 71.5 cm³/mol. The molecule has 1 unspecified atom stereocenters. The molecule has 0 fully saturated rings. The first-order valence-electron chi connectivity index (χ1n) is 5.46. The molecular formula is C12H17ClN2O3. The summed E-state index contributed by atoms with van der Waals surface area (Å²) in [6, 6.07) is 4.59. The van der Waals surface area contributed by atoms with Crippen molar-refractivity contribution in [2.75, 3.05) is 26.1 Å². The summed E-state index contributed by atoms with van der Waals surface area (Å²) in [5.74, 6) is 0.550. The van der Waals surface area contributed by atoms with Gasteiger partial charge in [-0.1, -0.05) is 11.6 Å². The van der Waals surface area contributed by atoms with E-state index >= 15 is 0 Å². The minimum Gasteiger partial charge on any atom is -0.495 e. The molecular weight excluding hydrogens is 256 g/mol. The summed E-state index contributed by atoms with van der Waals surface area (Å²) in [7, 11) is 3.11. The van der Waals surface area contributed by atoms with E-state index in [4.69, 9.17) is 21.1 Å². The lowest BCUT2D eigenvalue weighted by atomic mass is 10.3. The Balaban J connectivity index is 2.66. The maximum Gasteiger partial charge on any atom is 0.319 e. The molecule has 2 amide bonds. The van der Waals surface area contributed by atoms with Gasteiger partial charge in [0, 0.05) is 12.1 Å². The summed E-state index contributed by atoms with van der Waals surface area (Å²) in [4.78, 5) is 11.7. The lowest BCUT2D eigenvalue weighted by Crippen LogP contribution is -2.38. The highest BCUT2D eigenvalue weighted by molar-refractivity contribution is 6.31. The number of carbonyl (C=O) groups is 1. The summed E-state index contributed by atoms with van der Waals surface area (Å²) in [6.45, 7) is 2.29. The number of benzene rings is 1. The molecule has 1 atom stereocenters. The molecule has 0 heterocycles. The molecule has 0 bridgehead atoms. The molecule has 6 heteroatoms. The van der Waals surface area contributed by atoms with Crippen LogP contribution < -0.4 is 15.4 Å². The fourth-order valence-electron chi connectivity index (χ4n) is 1.45. The van der Waals surface area contributed by atoms with Gasteiger partial charge in [0.25, 0.3) is 0 Å². The van der Waals surface area contributed by atoms with Crippen molar-refractivity contribution in [3.05, 3.63) is 23.2 Å². The normalized spacial score (nSPS) is 11.8. The Morgan fingerprint density at radius 2 is 2.17 bits per heavy atom. The quantitative estimate of drug-likeness (QED) is 0.866. The van der Waals surface area contributed by atoms with Crippen LogP contribution in [0.2, 0.25) is 5.02 Å². The lowest BCUT2D eigenvalue weighted by molar-refractivity contribution is 0.173. The number of anilines is 1. The van der Waals surface area contributed by atoms with Crippen LogP contribution in [0.3, 0.4) is 0 Å². The standard InChI is InChI=1S/C12H17ClN2O3/c1-8(7-17-2)14-12(16)15-10-6-9(13)4-5-11(10)18-3/h4-6,8H,7H2,1-3H3,(H2,14,15,16). The van der Waals surface area contributed by atoms with Crippen molar-refractivity contribution in [3.8, 4) is 5.75 Å². The molecule has 1 aromatic rings. The van der Waals surface area contributed by atoms with Crippen LogP contribution in [-0.2, 0) is 4.74 Å². The van der Waals surface area contributed by atoms with Crippen LogP contribution in [-0.4, -0.2) is 32.9 Å². The third-order valence-electron chi connectivity index (χ3n) is 2.20. The minimum absolute atomic E-state index is 0.0832. The number of hydrogen-bond donors (Lipinski definition) is 2. The monoisotopic (exact) mass is 272 g/mol. The summed E-state index contributed by atoms with van der Waals surface area (Å²) >= 11 is 5.87. The number of amides is 2. The number of rotatable bonds is 5. The lowest BCUT2D eigenvalue weighted by Gasteiger charge is -2.15. The average Bonchev–Trinajstić information content (AvgIpc) is 2.29. The van der Waals surface area contributed by atoms with Gasteiger partial charge in [-0.3, -0.25) is 0 Å². The molecule has 100 valence electrons. The first-order chi connectivity index (χ1) is 8.56. The zero-order valence-electron chi connectivity index (χ0n) is 10.6. The van der Waals surface area contributed by atoms with Crippen LogP contribution in [0.4, 0.5) is 10.5 Å². The molecule has 0 spiro atoms. The van der Waals surface area contributed by atoms with Gasteiger partial charge in [0.15, 0.2) is 0 Å². The van der Waals surface area contributed by atoms with Gasteiger partial charge < -0.3 is 20.1 Å². The summed E-state index contributed by atoms with van der Waals surface area (Å²) in [6.07, 6.45) is 0. The molecule has 0 aliphatic rings. The van der Waals surface area contributed by atoms with E-state index in [0.29, 0.717) is 23.1 Å². The number of carbonyl (C=O) groups excluding carboxylic acids is 1. The Bertz CT molecular complexity index is 412. The highest BCUT2D eigenvalue weighted by Crippen LogP contribution is 2.27. The van der Waals surface area contributed by atoms with Crippen molar-refractivity contribution in [1.82, 2.24) is 5.32 Å². The molecule has 18 heavy (non-hydrogen) atoms. The first kappa shape index (κ1) is 14.6. The van der Waals surface area contributed by atoms with E-state index in [-0.39, 0.29) is 12.1 Å². The second kappa shape index (κ2) is 7.08. The molecule has 0 aliphatic heterocycles. The molecule has 0 aliphatic carbocycles. The number of hydrogen-bond acceptors (Lipinski definition) is 3. The van der Waals surface area contributed by atoms with E-state index in [9.17, 15) is 4.79 Å². The first-order valence-corrected chi connectivity index (χ1v) is 5.84. The largest absolute Gasteiger partial charge is 0.495 e. The average molecular weight is 273 g/mol. The Morgan fingerprint density at radius 3 is 2.78 bits per heavy atom. The fourth-order valence-corrected chi connectivity index (χ4v) is 1.62. The summed E-state index contributed by atoms with van der Waals surface area (Å²) < 4.78 is 10.1. The van der Waals surface area contributed by atoms with Crippen LogP contribution in [0.25, 0.3) is 0 Å². The number of ether oxygens (including phenoxy) is 2. The zero-order chi connectivity index (χ0) is 13.5. The molecule has 0 saturated heterocycles. The summed E-state index contributed by atoms with van der Waals surface area (Å²) in [5, 5.41) is 5.93. The van der Waals surface area contributed by atoms with E-state index in [1.807, 2.05) is 6.92 Å². The Labute approximate surface area is 111 Å². The van der Waals surface area contributed by atoms with Crippen molar-refractivity contribution in [3.63, 3.8) is 0 Å². The van der Waals surface area contributed by atoms with Gasteiger partial charge in [-0.25, -0.2) is 4.79 Å². The van der Waals surface area contributed by atoms with Gasteiger partial charge in [0.1, 0.15) is 5.75 Å².